The van der Waals surface area contributed by atoms with Crippen LogP contribution in [0.2, 0.25) is 0 Å². The van der Waals surface area contributed by atoms with Gasteiger partial charge in [0.1, 0.15) is 34.3 Å². The molecule has 5 nitrogen and oxygen atoms in total. The van der Waals surface area contributed by atoms with Crippen molar-refractivity contribution in [1.29, 1.82) is 0 Å². The molecular formula is C45H29N3O2. The van der Waals surface area contributed by atoms with Gasteiger partial charge in [0.25, 0.3) is 0 Å². The van der Waals surface area contributed by atoms with Crippen LogP contribution in [0.3, 0.4) is 0 Å². The molecule has 5 heteroatoms. The lowest BCUT2D eigenvalue weighted by molar-refractivity contribution is 0.655. The van der Waals surface area contributed by atoms with Crippen molar-refractivity contribution in [2.24, 2.45) is 9.98 Å². The minimum atomic E-state index is -0.395. The van der Waals surface area contributed by atoms with Gasteiger partial charge in [0.05, 0.1) is 0 Å². The molecule has 9 aromatic rings. The maximum absolute atomic E-state index is 6.51. The summed E-state index contributed by atoms with van der Waals surface area (Å²) in [5, 5.41) is 7.95. The average Bonchev–Trinajstić information content (AvgIpc) is 3.77. The topological polar surface area (TPSA) is 63.0 Å². The summed E-state index contributed by atoms with van der Waals surface area (Å²) in [6.07, 6.45) is -0.395. The molecule has 0 aliphatic carbocycles. The summed E-state index contributed by atoms with van der Waals surface area (Å²) in [4.78, 5) is 10.3. The first-order chi connectivity index (χ1) is 24.8. The van der Waals surface area contributed by atoms with Crippen molar-refractivity contribution in [2.45, 2.75) is 6.17 Å². The number of fused-ring (bicyclic) bond motifs is 6. The molecule has 0 radical (unpaired) electrons. The van der Waals surface area contributed by atoms with Gasteiger partial charge < -0.3 is 14.2 Å². The predicted molar refractivity (Wildman–Crippen MR) is 204 cm³/mol. The van der Waals surface area contributed by atoms with Gasteiger partial charge in [-0.3, -0.25) is 0 Å². The van der Waals surface area contributed by atoms with Crippen molar-refractivity contribution in [3.8, 4) is 22.3 Å². The summed E-state index contributed by atoms with van der Waals surface area (Å²) >= 11 is 0. The van der Waals surface area contributed by atoms with Crippen molar-refractivity contribution in [3.63, 3.8) is 0 Å². The van der Waals surface area contributed by atoms with Gasteiger partial charge in [0, 0.05) is 38.2 Å². The zero-order valence-corrected chi connectivity index (χ0v) is 26.9. The Morgan fingerprint density at radius 2 is 1.02 bits per heavy atom. The van der Waals surface area contributed by atoms with Gasteiger partial charge in [0.15, 0.2) is 5.84 Å². The molecule has 7 aromatic carbocycles. The van der Waals surface area contributed by atoms with Gasteiger partial charge in [-0.2, -0.15) is 0 Å². The van der Waals surface area contributed by atoms with E-state index in [4.69, 9.17) is 18.8 Å². The van der Waals surface area contributed by atoms with E-state index in [1.54, 1.807) is 0 Å². The minimum Gasteiger partial charge on any atom is -0.456 e. The summed E-state index contributed by atoms with van der Waals surface area (Å²) in [5.74, 6) is 1.40. The molecule has 2 aromatic heterocycles. The number of nitrogens with one attached hydrogen (secondary N) is 1. The molecule has 1 N–H and O–H groups in total. The van der Waals surface area contributed by atoms with E-state index in [9.17, 15) is 0 Å². The summed E-state index contributed by atoms with van der Waals surface area (Å²) in [6.45, 7) is 0. The molecule has 10 rings (SSSR count). The third kappa shape index (κ3) is 4.71. The Kier molecular flexibility index (Phi) is 6.49. The lowest BCUT2D eigenvalue weighted by atomic mass is 9.95. The number of benzene rings is 7. The van der Waals surface area contributed by atoms with Crippen LogP contribution in [0.4, 0.5) is 0 Å². The second-order valence-electron chi connectivity index (χ2n) is 12.6. The van der Waals surface area contributed by atoms with Gasteiger partial charge in [0.2, 0.25) is 0 Å². The van der Waals surface area contributed by atoms with Crippen LogP contribution in [0.1, 0.15) is 22.9 Å². The predicted octanol–water partition coefficient (Wildman–Crippen LogP) is 11.3. The van der Waals surface area contributed by atoms with Crippen molar-refractivity contribution in [2.75, 3.05) is 0 Å². The minimum absolute atomic E-state index is 0.395. The Labute approximate surface area is 287 Å². The van der Waals surface area contributed by atoms with Crippen LogP contribution >= 0.6 is 0 Å². The quantitative estimate of drug-likeness (QED) is 0.203. The Morgan fingerprint density at radius 1 is 0.440 bits per heavy atom. The number of aliphatic imine (C=N–C) groups is 2. The zero-order chi connectivity index (χ0) is 33.0. The highest BCUT2D eigenvalue weighted by molar-refractivity contribution is 6.24. The maximum Gasteiger partial charge on any atom is 0.159 e. The number of hydrogen-bond acceptors (Lipinski definition) is 5. The third-order valence-corrected chi connectivity index (χ3v) is 9.57. The van der Waals surface area contributed by atoms with Crippen LogP contribution in [0.5, 0.6) is 0 Å². The molecule has 1 atom stereocenters. The van der Waals surface area contributed by atoms with Crippen molar-refractivity contribution in [1.82, 2.24) is 5.32 Å². The van der Waals surface area contributed by atoms with Crippen molar-refractivity contribution in [3.05, 3.63) is 180 Å². The van der Waals surface area contributed by atoms with Gasteiger partial charge >= 0.3 is 0 Å². The number of rotatable bonds is 5. The normalized spacial score (nSPS) is 14.6. The largest absolute Gasteiger partial charge is 0.456 e. The van der Waals surface area contributed by atoms with E-state index in [0.717, 1.165) is 77.5 Å². The van der Waals surface area contributed by atoms with Gasteiger partial charge in [-0.05, 0) is 46.5 Å². The van der Waals surface area contributed by atoms with E-state index in [1.807, 2.05) is 60.7 Å². The average molecular weight is 644 g/mol. The summed E-state index contributed by atoms with van der Waals surface area (Å²) in [6, 6.07) is 56.3. The third-order valence-electron chi connectivity index (χ3n) is 9.57. The molecule has 0 fully saturated rings. The zero-order valence-electron chi connectivity index (χ0n) is 26.9. The molecule has 0 spiro atoms. The monoisotopic (exact) mass is 643 g/mol. The Hall–Kier alpha value is -6.72. The van der Waals surface area contributed by atoms with Crippen molar-refractivity contribution < 1.29 is 8.83 Å². The first-order valence-electron chi connectivity index (χ1n) is 16.8. The fourth-order valence-electron chi connectivity index (χ4n) is 7.16. The van der Waals surface area contributed by atoms with E-state index in [0.29, 0.717) is 5.84 Å². The Morgan fingerprint density at radius 3 is 1.80 bits per heavy atom. The Balaban J connectivity index is 1.12. The van der Waals surface area contributed by atoms with Gasteiger partial charge in [-0.1, -0.05) is 140 Å². The van der Waals surface area contributed by atoms with Crippen LogP contribution in [-0.2, 0) is 0 Å². The lowest BCUT2D eigenvalue weighted by Crippen LogP contribution is -2.33. The van der Waals surface area contributed by atoms with Crippen LogP contribution < -0.4 is 5.32 Å². The molecule has 0 bridgehead atoms. The van der Waals surface area contributed by atoms with E-state index < -0.39 is 6.17 Å². The Bertz CT molecular complexity index is 2770. The second kappa shape index (κ2) is 11.5. The molecular weight excluding hydrogens is 615 g/mol. The summed E-state index contributed by atoms with van der Waals surface area (Å²) in [7, 11) is 0. The number of nitrogens with zero attached hydrogens (tertiary/aromatic N) is 2. The summed E-state index contributed by atoms with van der Waals surface area (Å²) in [5.41, 5.74) is 10.8. The first-order valence-corrected chi connectivity index (χ1v) is 16.8. The highest BCUT2D eigenvalue weighted by Gasteiger charge is 2.25. The molecule has 1 aliphatic rings. The van der Waals surface area contributed by atoms with Crippen LogP contribution in [0.25, 0.3) is 66.1 Å². The van der Waals surface area contributed by atoms with Gasteiger partial charge in [-0.25, -0.2) is 9.98 Å². The second-order valence-corrected chi connectivity index (χ2v) is 12.6. The SMILES string of the molecule is c1ccc(C2=NC(c3ccc4c(c3)oc3ccccc34)NC(c3cccc4oc5cccc(-c6ccc(-c7ccccc7)cc6)c5c34)=N2)cc1. The molecule has 3 heterocycles. The van der Waals surface area contributed by atoms with E-state index in [1.165, 1.54) is 11.1 Å². The van der Waals surface area contributed by atoms with Crippen molar-refractivity contribution >= 4 is 55.5 Å². The van der Waals surface area contributed by atoms with E-state index in [2.05, 4.69) is 108 Å². The van der Waals surface area contributed by atoms with Crippen LogP contribution in [0, 0.1) is 0 Å². The van der Waals surface area contributed by atoms with E-state index in [-0.39, 0.29) is 0 Å². The van der Waals surface area contributed by atoms with Crippen LogP contribution in [-0.4, -0.2) is 11.7 Å². The first kappa shape index (κ1) is 28.3. The fraction of sp³-hybridized carbons (Fsp3) is 0.0222. The number of hydrogen-bond donors (Lipinski definition) is 1. The molecule has 1 aliphatic heterocycles. The highest BCUT2D eigenvalue weighted by Crippen LogP contribution is 2.40. The smallest absolute Gasteiger partial charge is 0.159 e. The lowest BCUT2D eigenvalue weighted by Gasteiger charge is -2.24. The standard InChI is InChI=1S/C45H29N3O2/c1-3-11-28(12-4-1)29-21-23-30(24-22-29)33-16-9-19-38-41(33)42-36(17-10-20-39(42)50-38)45-47-43(31-13-5-2-6-14-31)46-44(48-45)32-25-26-35-34-15-7-8-18-37(34)49-40(35)27-32/h1-27,44H,(H,46,47,48). The maximum atomic E-state index is 6.51. The number of furan rings is 2. The number of para-hydroxylation sites is 1. The van der Waals surface area contributed by atoms with Gasteiger partial charge in [-0.15, -0.1) is 0 Å². The van der Waals surface area contributed by atoms with Crippen LogP contribution in [0.15, 0.2) is 183 Å². The number of amidine groups is 2. The molecule has 0 amide bonds. The fourth-order valence-corrected chi connectivity index (χ4v) is 7.16. The molecule has 236 valence electrons. The van der Waals surface area contributed by atoms with E-state index >= 15 is 0 Å². The molecule has 0 saturated heterocycles. The molecule has 1 unspecified atom stereocenters. The molecule has 0 saturated carbocycles. The summed E-state index contributed by atoms with van der Waals surface area (Å²) < 4.78 is 12.8. The molecule has 50 heavy (non-hydrogen) atoms. The highest BCUT2D eigenvalue weighted by atomic mass is 16.3.